The van der Waals surface area contributed by atoms with Gasteiger partial charge >= 0.3 is 0 Å². The van der Waals surface area contributed by atoms with Crippen molar-refractivity contribution in [1.29, 1.82) is 0 Å². The van der Waals surface area contributed by atoms with Crippen LogP contribution in [-0.4, -0.2) is 22.2 Å². The topological polar surface area (TPSA) is 64.0 Å². The minimum atomic E-state index is -0.159. The smallest absolute Gasteiger partial charge is 0.267 e. The first-order valence-corrected chi connectivity index (χ1v) is 9.24. The summed E-state index contributed by atoms with van der Waals surface area (Å²) in [6.07, 6.45) is 12.3. The second-order valence-corrected chi connectivity index (χ2v) is 7.52. The zero-order valence-corrected chi connectivity index (χ0v) is 14.0. The normalized spacial score (nSPS) is 27.8. The van der Waals surface area contributed by atoms with Gasteiger partial charge in [-0.05, 0) is 61.8 Å². The average Bonchev–Trinajstić information content (AvgIpc) is 3.12. The summed E-state index contributed by atoms with van der Waals surface area (Å²) >= 11 is 0. The summed E-state index contributed by atoms with van der Waals surface area (Å²) in [5.41, 5.74) is 1.91. The second kappa shape index (κ2) is 6.54. The fourth-order valence-electron chi connectivity index (χ4n) is 4.46. The van der Waals surface area contributed by atoms with E-state index in [0.717, 1.165) is 36.9 Å². The molecular formula is C19H25N3O2. The zero-order chi connectivity index (χ0) is 16.5. The van der Waals surface area contributed by atoms with Crippen molar-refractivity contribution in [3.05, 3.63) is 39.8 Å². The van der Waals surface area contributed by atoms with Crippen molar-refractivity contribution < 1.29 is 4.79 Å². The van der Waals surface area contributed by atoms with Gasteiger partial charge in [0.15, 0.2) is 0 Å². The maximum absolute atomic E-state index is 12.2. The molecule has 1 heterocycles. The molecule has 1 aromatic heterocycles. The van der Waals surface area contributed by atoms with Gasteiger partial charge in [0.1, 0.15) is 6.54 Å². The number of nitrogens with one attached hydrogen (secondary N) is 1. The number of rotatable bonds is 4. The van der Waals surface area contributed by atoms with Crippen LogP contribution in [0.5, 0.6) is 0 Å². The molecule has 5 nitrogen and oxygen atoms in total. The Balaban J connectivity index is 1.38. The van der Waals surface area contributed by atoms with Crippen LogP contribution < -0.4 is 10.9 Å². The fraction of sp³-hybridized carbons (Fsp3) is 0.632. The van der Waals surface area contributed by atoms with Gasteiger partial charge in [-0.25, -0.2) is 4.68 Å². The van der Waals surface area contributed by atoms with E-state index in [-0.39, 0.29) is 18.0 Å². The van der Waals surface area contributed by atoms with Crippen LogP contribution in [0.2, 0.25) is 0 Å². The van der Waals surface area contributed by atoms with Crippen molar-refractivity contribution in [3.63, 3.8) is 0 Å². The maximum Gasteiger partial charge on any atom is 0.267 e. The van der Waals surface area contributed by atoms with E-state index >= 15 is 0 Å². The third-order valence-corrected chi connectivity index (χ3v) is 5.80. The molecular weight excluding hydrogens is 302 g/mol. The summed E-state index contributed by atoms with van der Waals surface area (Å²) in [5.74, 6) is 1.79. The van der Waals surface area contributed by atoms with Gasteiger partial charge in [0, 0.05) is 12.6 Å². The summed E-state index contributed by atoms with van der Waals surface area (Å²) in [7, 11) is 0. The van der Waals surface area contributed by atoms with Crippen molar-refractivity contribution in [2.45, 2.75) is 51.5 Å². The molecule has 1 N–H and O–H groups in total. The first-order valence-electron chi connectivity index (χ1n) is 9.24. The van der Waals surface area contributed by atoms with Crippen molar-refractivity contribution in [2.75, 3.05) is 6.54 Å². The van der Waals surface area contributed by atoms with E-state index < -0.39 is 0 Å². The first kappa shape index (κ1) is 15.6. The summed E-state index contributed by atoms with van der Waals surface area (Å²) in [6.45, 7) is 0.743. The van der Waals surface area contributed by atoms with Crippen molar-refractivity contribution in [1.82, 2.24) is 15.1 Å². The van der Waals surface area contributed by atoms with E-state index in [1.165, 1.54) is 23.9 Å². The summed E-state index contributed by atoms with van der Waals surface area (Å²) < 4.78 is 1.33. The molecule has 3 aliphatic rings. The van der Waals surface area contributed by atoms with Gasteiger partial charge in [-0.1, -0.05) is 18.6 Å². The molecule has 0 saturated heterocycles. The van der Waals surface area contributed by atoms with Crippen LogP contribution in [0.3, 0.4) is 0 Å². The number of carbonyl (C=O) groups excluding carboxylic acids is 1. The van der Waals surface area contributed by atoms with Crippen LogP contribution in [0.15, 0.2) is 23.0 Å². The maximum atomic E-state index is 12.2. The minimum Gasteiger partial charge on any atom is -0.354 e. The van der Waals surface area contributed by atoms with E-state index in [1.54, 1.807) is 6.07 Å². The Morgan fingerprint density at radius 1 is 1.21 bits per heavy atom. The molecule has 128 valence electrons. The number of hydrogen-bond acceptors (Lipinski definition) is 3. The molecule has 0 spiro atoms. The lowest BCUT2D eigenvalue weighted by molar-refractivity contribution is -0.122. The van der Waals surface area contributed by atoms with Crippen LogP contribution >= 0.6 is 0 Å². The van der Waals surface area contributed by atoms with Crippen LogP contribution in [0, 0.1) is 17.8 Å². The van der Waals surface area contributed by atoms with Gasteiger partial charge in [-0.15, -0.1) is 0 Å². The second-order valence-electron chi connectivity index (χ2n) is 7.52. The predicted molar refractivity (Wildman–Crippen MR) is 91.6 cm³/mol. The molecule has 0 unspecified atom stereocenters. The van der Waals surface area contributed by atoms with E-state index in [9.17, 15) is 9.59 Å². The van der Waals surface area contributed by atoms with Gasteiger partial charge in [0.25, 0.3) is 5.56 Å². The Kier molecular flexibility index (Phi) is 4.25. The summed E-state index contributed by atoms with van der Waals surface area (Å²) in [5, 5.41) is 7.47. The number of carbonyl (C=O) groups is 1. The van der Waals surface area contributed by atoms with Crippen LogP contribution in [0.25, 0.3) is 0 Å². The molecule has 3 aliphatic carbocycles. The van der Waals surface area contributed by atoms with E-state index in [1.807, 2.05) is 0 Å². The number of hydrogen-bond donors (Lipinski definition) is 1. The highest BCUT2D eigenvalue weighted by atomic mass is 16.2. The lowest BCUT2D eigenvalue weighted by Gasteiger charge is -2.18. The Morgan fingerprint density at radius 3 is 2.88 bits per heavy atom. The molecule has 24 heavy (non-hydrogen) atoms. The number of aromatic nitrogens is 2. The van der Waals surface area contributed by atoms with Gasteiger partial charge in [-0.3, -0.25) is 9.59 Å². The minimum absolute atomic E-state index is 0.0305. The first-order chi connectivity index (χ1) is 11.7. The summed E-state index contributed by atoms with van der Waals surface area (Å²) in [4.78, 5) is 24.4. The lowest BCUT2D eigenvalue weighted by atomic mass is 9.94. The Bertz CT molecular complexity index is 722. The lowest BCUT2D eigenvalue weighted by Crippen LogP contribution is -2.37. The Morgan fingerprint density at radius 2 is 2.08 bits per heavy atom. The molecule has 2 bridgehead atoms. The molecule has 1 aromatic rings. The molecule has 3 atom stereocenters. The van der Waals surface area contributed by atoms with Gasteiger partial charge < -0.3 is 5.32 Å². The van der Waals surface area contributed by atoms with Crippen molar-refractivity contribution in [2.24, 2.45) is 17.8 Å². The Labute approximate surface area is 142 Å². The van der Waals surface area contributed by atoms with Gasteiger partial charge in [0.2, 0.25) is 5.91 Å². The molecule has 1 saturated carbocycles. The average molecular weight is 327 g/mol. The van der Waals surface area contributed by atoms with Crippen LogP contribution in [0.1, 0.15) is 43.4 Å². The SMILES string of the molecule is O=C(Cn1nc2c(cc1=O)CCCCC2)NC[C@H]1C[C@H]2C=C[C@H]1C2. The Hall–Kier alpha value is -1.91. The van der Waals surface area contributed by atoms with Crippen LogP contribution in [0.4, 0.5) is 0 Å². The number of allylic oxidation sites excluding steroid dienone is 2. The molecule has 1 amide bonds. The molecule has 4 rings (SSSR count). The largest absolute Gasteiger partial charge is 0.354 e. The highest BCUT2D eigenvalue weighted by Gasteiger charge is 2.35. The third-order valence-electron chi connectivity index (χ3n) is 5.80. The number of fused-ring (bicyclic) bond motifs is 3. The number of amides is 1. The zero-order valence-electron chi connectivity index (χ0n) is 14.0. The van der Waals surface area contributed by atoms with Gasteiger partial charge in [-0.2, -0.15) is 5.10 Å². The highest BCUT2D eigenvalue weighted by Crippen LogP contribution is 2.42. The molecule has 0 aliphatic heterocycles. The molecule has 5 heteroatoms. The van der Waals surface area contributed by atoms with E-state index in [0.29, 0.717) is 24.3 Å². The van der Waals surface area contributed by atoms with Crippen molar-refractivity contribution in [3.8, 4) is 0 Å². The number of aryl methyl sites for hydroxylation is 2. The fourth-order valence-corrected chi connectivity index (χ4v) is 4.46. The molecule has 0 radical (unpaired) electrons. The highest BCUT2D eigenvalue weighted by molar-refractivity contribution is 5.75. The quantitative estimate of drug-likeness (QED) is 0.678. The van der Waals surface area contributed by atoms with Crippen molar-refractivity contribution >= 4 is 5.91 Å². The predicted octanol–water partition coefficient (Wildman–Crippen LogP) is 1.84. The number of nitrogens with zero attached hydrogens (tertiary/aromatic N) is 2. The third kappa shape index (κ3) is 3.17. The molecule has 1 fully saturated rings. The van der Waals surface area contributed by atoms with Gasteiger partial charge in [0.05, 0.1) is 5.69 Å². The monoisotopic (exact) mass is 327 g/mol. The van der Waals surface area contributed by atoms with Crippen LogP contribution in [-0.2, 0) is 24.2 Å². The standard InChI is InChI=1S/C19H25N3O2/c23-18(20-11-16-9-13-6-7-14(16)8-13)12-22-19(24)10-15-4-2-1-3-5-17(15)21-22/h6-7,10,13-14,16H,1-5,8-9,11-12H2,(H,20,23)/t13-,14-,16+/m0/s1. The molecule has 0 aromatic carbocycles. The summed E-state index contributed by atoms with van der Waals surface area (Å²) in [6, 6.07) is 1.68. The van der Waals surface area contributed by atoms with E-state index in [4.69, 9.17) is 0 Å². The van der Waals surface area contributed by atoms with E-state index in [2.05, 4.69) is 22.6 Å².